The predicted octanol–water partition coefficient (Wildman–Crippen LogP) is 0.462. The molecule has 5 heavy (non-hydrogen) atoms. The number of nitrogens with two attached hydrogens (primary N) is 1. The van der Waals surface area contributed by atoms with Crippen LogP contribution in [0, 0.1) is 0 Å². The predicted molar refractivity (Wildman–Crippen MR) is 20.6 cm³/mol. The van der Waals surface area contributed by atoms with Crippen molar-refractivity contribution in [1.29, 1.82) is 0 Å². The molecule has 0 radical (unpaired) electrons. The summed E-state index contributed by atoms with van der Waals surface area (Å²) in [6, 6.07) is 0. The van der Waals surface area contributed by atoms with E-state index in [1.807, 2.05) is 0 Å². The maximum absolute atomic E-state index is 4.94. The lowest BCUT2D eigenvalue weighted by molar-refractivity contribution is 0.255. The van der Waals surface area contributed by atoms with Gasteiger partial charge in [0.2, 0.25) is 0 Å². The minimum atomic E-state index is -0.350. The Morgan fingerprint density at radius 3 is 2.20 bits per heavy atom. The van der Waals surface area contributed by atoms with E-state index in [4.69, 9.17) is 17.6 Å². The zero-order valence-corrected chi connectivity index (χ0v) is 3.70. The third-order valence-corrected chi connectivity index (χ3v) is 0.422. The van der Waals surface area contributed by atoms with Gasteiger partial charge in [0, 0.05) is 0 Å². The fourth-order valence-electron chi connectivity index (χ4n) is 0. The Balaban J connectivity index is 2.54. The smallest absolute Gasteiger partial charge is 0.124 e. The third-order valence-electron chi connectivity index (χ3n) is 0.141. The van der Waals surface area contributed by atoms with Gasteiger partial charge in [0.15, 0.2) is 0 Å². The van der Waals surface area contributed by atoms with Crippen molar-refractivity contribution in [2.45, 2.75) is 13.2 Å². The van der Waals surface area contributed by atoms with Crippen LogP contribution in [-0.2, 0) is 4.29 Å². The number of rotatable bonds is 1. The molecule has 0 spiro atoms. The average Bonchev–Trinajstić information content (AvgIpc) is 1.38. The molecule has 0 aromatic heterocycles. The molecule has 0 amide bonds. The highest BCUT2D eigenvalue weighted by molar-refractivity contribution is 6.07. The first-order valence-electron chi connectivity index (χ1n) is 1.30. The summed E-state index contributed by atoms with van der Waals surface area (Å²) in [5.41, 5.74) is 4.94. The van der Waals surface area contributed by atoms with E-state index in [1.165, 1.54) is 0 Å². The van der Waals surface area contributed by atoms with E-state index < -0.39 is 0 Å². The molecule has 0 aromatic carbocycles. The molecule has 0 aliphatic rings. The van der Waals surface area contributed by atoms with Crippen LogP contribution >= 0.6 is 11.9 Å². The fourth-order valence-corrected chi connectivity index (χ4v) is 0. The van der Waals surface area contributed by atoms with E-state index in [2.05, 4.69) is 4.29 Å². The molecule has 2 N–H and O–H groups in total. The van der Waals surface area contributed by atoms with Crippen molar-refractivity contribution in [2.24, 2.45) is 5.73 Å². The van der Waals surface area contributed by atoms with Crippen molar-refractivity contribution in [3.05, 3.63) is 0 Å². The van der Waals surface area contributed by atoms with Crippen LogP contribution in [0.25, 0.3) is 0 Å². The van der Waals surface area contributed by atoms with Gasteiger partial charge >= 0.3 is 0 Å². The van der Waals surface area contributed by atoms with Crippen LogP contribution in [0.5, 0.6) is 0 Å². The molecule has 1 atom stereocenters. The largest absolute Gasteiger partial charge is 0.305 e. The van der Waals surface area contributed by atoms with Crippen LogP contribution in [0.1, 0.15) is 6.92 Å². The quantitative estimate of drug-likeness (QED) is 0.481. The van der Waals surface area contributed by atoms with Gasteiger partial charge < -0.3 is 5.73 Å². The summed E-state index contributed by atoms with van der Waals surface area (Å²) in [5, 5.41) is 0. The van der Waals surface area contributed by atoms with Gasteiger partial charge in [-0.15, -0.1) is 0 Å². The van der Waals surface area contributed by atoms with E-state index in [1.54, 1.807) is 6.92 Å². The van der Waals surface area contributed by atoms with Crippen LogP contribution in [0.3, 0.4) is 0 Å². The molecule has 3 heteroatoms. The van der Waals surface area contributed by atoms with Gasteiger partial charge in [0.1, 0.15) is 6.23 Å². The molecule has 0 rings (SSSR count). The SMILES string of the molecule is CC(N)OCl. The lowest BCUT2D eigenvalue weighted by Crippen LogP contribution is -2.13. The van der Waals surface area contributed by atoms with Gasteiger partial charge in [-0.2, -0.15) is 0 Å². The molecule has 32 valence electrons. The molecule has 1 unspecified atom stereocenters. The zero-order chi connectivity index (χ0) is 4.28. The highest BCUT2D eigenvalue weighted by Crippen LogP contribution is 1.80. The zero-order valence-electron chi connectivity index (χ0n) is 2.94. The minimum Gasteiger partial charge on any atom is -0.305 e. The first-order valence-corrected chi connectivity index (χ1v) is 1.61. The molecule has 2 nitrogen and oxygen atoms in total. The average molecular weight is 95.5 g/mol. The topological polar surface area (TPSA) is 35.2 Å². The molecule has 0 fully saturated rings. The second kappa shape index (κ2) is 2.45. The Labute approximate surface area is 36.0 Å². The highest BCUT2D eigenvalue weighted by Gasteiger charge is 1.81. The van der Waals surface area contributed by atoms with Gasteiger partial charge in [0.05, 0.1) is 11.9 Å². The summed E-state index contributed by atoms with van der Waals surface area (Å²) in [4.78, 5) is 0. The monoisotopic (exact) mass is 95.0 g/mol. The van der Waals surface area contributed by atoms with Crippen LogP contribution in [0.4, 0.5) is 0 Å². The van der Waals surface area contributed by atoms with E-state index in [0.717, 1.165) is 0 Å². The van der Waals surface area contributed by atoms with Crippen molar-refractivity contribution in [1.82, 2.24) is 0 Å². The molecule has 0 aliphatic carbocycles. The molecule has 0 heterocycles. The standard InChI is InChI=1S/C2H6ClNO/c1-2(4)5-3/h2H,4H2,1H3. The molecular weight excluding hydrogens is 89.5 g/mol. The van der Waals surface area contributed by atoms with Crippen molar-refractivity contribution < 1.29 is 4.29 Å². The molecule has 0 saturated carbocycles. The molecule has 0 bridgehead atoms. The Morgan fingerprint density at radius 1 is 2.00 bits per heavy atom. The maximum Gasteiger partial charge on any atom is 0.124 e. The first kappa shape index (κ1) is 5.21. The van der Waals surface area contributed by atoms with E-state index in [0.29, 0.717) is 0 Å². The Hall–Kier alpha value is 0.210. The van der Waals surface area contributed by atoms with Crippen molar-refractivity contribution in [2.75, 3.05) is 0 Å². The summed E-state index contributed by atoms with van der Waals surface area (Å²) < 4.78 is 4.00. The number of hydrogen-bond acceptors (Lipinski definition) is 2. The van der Waals surface area contributed by atoms with Gasteiger partial charge in [-0.3, -0.25) is 4.29 Å². The summed E-state index contributed by atoms with van der Waals surface area (Å²) in [7, 11) is 0. The van der Waals surface area contributed by atoms with Gasteiger partial charge in [0.25, 0.3) is 0 Å². The van der Waals surface area contributed by atoms with Gasteiger partial charge in [-0.25, -0.2) is 0 Å². The first-order chi connectivity index (χ1) is 2.27. The van der Waals surface area contributed by atoms with Crippen molar-refractivity contribution in [3.8, 4) is 0 Å². The molecule has 0 saturated heterocycles. The maximum atomic E-state index is 4.94. The Kier molecular flexibility index (Phi) is 2.55. The van der Waals surface area contributed by atoms with E-state index >= 15 is 0 Å². The van der Waals surface area contributed by atoms with E-state index in [9.17, 15) is 0 Å². The lowest BCUT2D eigenvalue weighted by Gasteiger charge is -1.91. The fraction of sp³-hybridized carbons (Fsp3) is 1.00. The number of halogens is 1. The van der Waals surface area contributed by atoms with Crippen LogP contribution in [0.15, 0.2) is 0 Å². The second-order valence-electron chi connectivity index (χ2n) is 0.794. The summed E-state index contributed by atoms with van der Waals surface area (Å²) >= 11 is 4.71. The van der Waals surface area contributed by atoms with E-state index in [-0.39, 0.29) is 6.23 Å². The normalized spacial score (nSPS) is 15.0. The van der Waals surface area contributed by atoms with Gasteiger partial charge in [-0.05, 0) is 6.92 Å². The summed E-state index contributed by atoms with van der Waals surface area (Å²) in [6.45, 7) is 1.65. The molecule has 0 aliphatic heterocycles. The Bertz CT molecular complexity index is 23.6. The van der Waals surface area contributed by atoms with Crippen molar-refractivity contribution in [3.63, 3.8) is 0 Å². The highest BCUT2D eigenvalue weighted by atomic mass is 35.5. The second-order valence-corrected chi connectivity index (χ2v) is 0.972. The van der Waals surface area contributed by atoms with Crippen LogP contribution in [-0.4, -0.2) is 6.23 Å². The molecular formula is C2H6ClNO. The third kappa shape index (κ3) is 4.21. The molecule has 0 aromatic rings. The summed E-state index contributed by atoms with van der Waals surface area (Å²) in [5.74, 6) is 0. The minimum absolute atomic E-state index is 0.350. The van der Waals surface area contributed by atoms with Crippen LogP contribution < -0.4 is 5.73 Å². The van der Waals surface area contributed by atoms with Gasteiger partial charge in [-0.1, -0.05) is 0 Å². The van der Waals surface area contributed by atoms with Crippen LogP contribution in [0.2, 0.25) is 0 Å². The number of hydrogen-bond donors (Lipinski definition) is 1. The van der Waals surface area contributed by atoms with Crippen molar-refractivity contribution >= 4 is 11.9 Å². The lowest BCUT2D eigenvalue weighted by atomic mass is 10.7. The Morgan fingerprint density at radius 2 is 2.20 bits per heavy atom. The summed E-state index contributed by atoms with van der Waals surface area (Å²) in [6.07, 6.45) is -0.350.